The van der Waals surface area contributed by atoms with Crippen molar-refractivity contribution in [2.45, 2.75) is 19.4 Å². The first kappa shape index (κ1) is 13.2. The maximum atomic E-state index is 4.17. The third-order valence-corrected chi connectivity index (χ3v) is 3.36. The second kappa shape index (κ2) is 6.66. The minimum absolute atomic E-state index is 0.330. The zero-order chi connectivity index (χ0) is 12.8. The molecule has 1 aromatic carbocycles. The monoisotopic (exact) mass is 304 g/mol. The molecule has 1 aromatic heterocycles. The maximum Gasteiger partial charge on any atom is 0.0361 e. The number of pyridine rings is 1. The quantitative estimate of drug-likeness (QED) is 0.910. The topological polar surface area (TPSA) is 24.9 Å². The van der Waals surface area contributed by atoms with E-state index >= 15 is 0 Å². The summed E-state index contributed by atoms with van der Waals surface area (Å²) in [6, 6.07) is 12.9. The highest BCUT2D eigenvalue weighted by Gasteiger charge is 2.11. The summed E-state index contributed by atoms with van der Waals surface area (Å²) >= 11 is 3.53. The van der Waals surface area contributed by atoms with Crippen LogP contribution < -0.4 is 5.32 Å². The summed E-state index contributed by atoms with van der Waals surface area (Å²) in [5, 5.41) is 3.53. The van der Waals surface area contributed by atoms with Gasteiger partial charge in [-0.3, -0.25) is 4.98 Å². The van der Waals surface area contributed by atoms with Crippen molar-refractivity contribution in [1.82, 2.24) is 10.3 Å². The normalized spacial score (nSPS) is 12.3. The fourth-order valence-corrected chi connectivity index (χ4v) is 2.45. The second-order valence-corrected chi connectivity index (χ2v) is 5.15. The molecule has 0 radical (unpaired) electrons. The summed E-state index contributed by atoms with van der Waals surface area (Å²) < 4.78 is 1.12. The maximum absolute atomic E-state index is 4.17. The zero-order valence-corrected chi connectivity index (χ0v) is 12.0. The molecule has 3 heteroatoms. The molecule has 94 valence electrons. The molecule has 1 unspecified atom stereocenters. The van der Waals surface area contributed by atoms with Gasteiger partial charge in [0, 0.05) is 22.9 Å². The molecule has 2 nitrogen and oxygen atoms in total. The molecular weight excluding hydrogens is 288 g/mol. The standard InChI is InChI=1S/C15H17BrN2/c1-2-18-15(9-12-5-4-8-17-11-12)13-6-3-7-14(16)10-13/h3-8,10-11,15,18H,2,9H2,1H3. The molecule has 1 N–H and O–H groups in total. The molecule has 0 saturated heterocycles. The lowest BCUT2D eigenvalue weighted by Crippen LogP contribution is -2.23. The number of aromatic nitrogens is 1. The van der Waals surface area contributed by atoms with Crippen LogP contribution in [0.4, 0.5) is 0 Å². The Labute approximate surface area is 117 Å². The highest BCUT2D eigenvalue weighted by molar-refractivity contribution is 9.10. The first-order chi connectivity index (χ1) is 8.79. The van der Waals surface area contributed by atoms with E-state index in [9.17, 15) is 0 Å². The van der Waals surface area contributed by atoms with Gasteiger partial charge in [-0.25, -0.2) is 0 Å². The van der Waals surface area contributed by atoms with Crippen LogP contribution in [0.3, 0.4) is 0 Å². The zero-order valence-electron chi connectivity index (χ0n) is 10.4. The fourth-order valence-electron chi connectivity index (χ4n) is 2.03. The van der Waals surface area contributed by atoms with Crippen LogP contribution in [-0.2, 0) is 6.42 Å². The summed E-state index contributed by atoms with van der Waals surface area (Å²) in [6.07, 6.45) is 4.70. The van der Waals surface area contributed by atoms with E-state index in [-0.39, 0.29) is 0 Å². The SMILES string of the molecule is CCNC(Cc1cccnc1)c1cccc(Br)c1. The Morgan fingerprint density at radius 3 is 2.83 bits per heavy atom. The van der Waals surface area contributed by atoms with Crippen molar-refractivity contribution in [2.75, 3.05) is 6.54 Å². The molecule has 2 aromatic rings. The Balaban J connectivity index is 2.18. The molecule has 18 heavy (non-hydrogen) atoms. The number of nitrogens with one attached hydrogen (secondary N) is 1. The van der Waals surface area contributed by atoms with E-state index in [1.165, 1.54) is 11.1 Å². The van der Waals surface area contributed by atoms with Crippen molar-refractivity contribution in [3.8, 4) is 0 Å². The molecule has 0 bridgehead atoms. The van der Waals surface area contributed by atoms with Gasteiger partial charge in [0.25, 0.3) is 0 Å². The molecular formula is C15H17BrN2. The van der Waals surface area contributed by atoms with Crippen LogP contribution >= 0.6 is 15.9 Å². The van der Waals surface area contributed by atoms with Gasteiger partial charge >= 0.3 is 0 Å². The van der Waals surface area contributed by atoms with Gasteiger partial charge in [-0.2, -0.15) is 0 Å². The van der Waals surface area contributed by atoms with Gasteiger partial charge in [0.2, 0.25) is 0 Å². The fraction of sp³-hybridized carbons (Fsp3) is 0.267. The molecule has 0 aliphatic rings. The van der Waals surface area contributed by atoms with E-state index in [2.05, 4.69) is 63.5 Å². The first-order valence-corrected chi connectivity index (χ1v) is 6.96. The molecule has 1 atom stereocenters. The van der Waals surface area contributed by atoms with E-state index in [0.29, 0.717) is 6.04 Å². The highest BCUT2D eigenvalue weighted by atomic mass is 79.9. The van der Waals surface area contributed by atoms with E-state index in [4.69, 9.17) is 0 Å². The number of hydrogen-bond donors (Lipinski definition) is 1. The lowest BCUT2D eigenvalue weighted by molar-refractivity contribution is 0.549. The van der Waals surface area contributed by atoms with Crippen molar-refractivity contribution in [3.05, 3.63) is 64.4 Å². The molecule has 0 amide bonds. The van der Waals surface area contributed by atoms with Crippen LogP contribution in [0, 0.1) is 0 Å². The summed E-state index contributed by atoms with van der Waals surface area (Å²) in [5.74, 6) is 0. The number of nitrogens with zero attached hydrogens (tertiary/aromatic N) is 1. The van der Waals surface area contributed by atoms with Crippen molar-refractivity contribution in [2.24, 2.45) is 0 Å². The number of benzene rings is 1. The van der Waals surface area contributed by atoms with Gasteiger partial charge in [-0.15, -0.1) is 0 Å². The third-order valence-electron chi connectivity index (χ3n) is 2.86. The molecule has 0 spiro atoms. The lowest BCUT2D eigenvalue weighted by atomic mass is 10.00. The van der Waals surface area contributed by atoms with Crippen molar-refractivity contribution in [1.29, 1.82) is 0 Å². The lowest BCUT2D eigenvalue weighted by Gasteiger charge is -2.18. The average Bonchev–Trinajstić information content (AvgIpc) is 2.39. The molecule has 0 aliphatic carbocycles. The predicted molar refractivity (Wildman–Crippen MR) is 78.5 cm³/mol. The van der Waals surface area contributed by atoms with Crippen LogP contribution in [0.5, 0.6) is 0 Å². The van der Waals surface area contributed by atoms with E-state index in [1.807, 2.05) is 18.5 Å². The summed E-state index contributed by atoms with van der Waals surface area (Å²) in [7, 11) is 0. The van der Waals surface area contributed by atoms with Gasteiger partial charge < -0.3 is 5.32 Å². The Bertz CT molecular complexity index is 485. The summed E-state index contributed by atoms with van der Waals surface area (Å²) in [6.45, 7) is 3.09. The van der Waals surface area contributed by atoms with Crippen LogP contribution in [0.2, 0.25) is 0 Å². The van der Waals surface area contributed by atoms with E-state index < -0.39 is 0 Å². The summed E-state index contributed by atoms with van der Waals surface area (Å²) in [4.78, 5) is 4.17. The second-order valence-electron chi connectivity index (χ2n) is 4.23. The van der Waals surface area contributed by atoms with Crippen LogP contribution in [0.15, 0.2) is 53.3 Å². The Kier molecular flexibility index (Phi) is 4.90. The number of hydrogen-bond acceptors (Lipinski definition) is 2. The van der Waals surface area contributed by atoms with Gasteiger partial charge in [0.1, 0.15) is 0 Å². The Hall–Kier alpha value is -1.19. The minimum Gasteiger partial charge on any atom is -0.310 e. The van der Waals surface area contributed by atoms with Gasteiger partial charge in [-0.1, -0.05) is 41.1 Å². The van der Waals surface area contributed by atoms with Gasteiger partial charge in [-0.05, 0) is 42.3 Å². The average molecular weight is 305 g/mol. The van der Waals surface area contributed by atoms with Crippen LogP contribution in [0.1, 0.15) is 24.1 Å². The smallest absolute Gasteiger partial charge is 0.0361 e. The molecule has 0 fully saturated rings. The van der Waals surface area contributed by atoms with E-state index in [0.717, 1.165) is 17.4 Å². The predicted octanol–water partition coefficient (Wildman–Crippen LogP) is 3.74. The van der Waals surface area contributed by atoms with Crippen molar-refractivity contribution < 1.29 is 0 Å². The van der Waals surface area contributed by atoms with Crippen molar-refractivity contribution in [3.63, 3.8) is 0 Å². The van der Waals surface area contributed by atoms with Crippen LogP contribution in [0.25, 0.3) is 0 Å². The van der Waals surface area contributed by atoms with Gasteiger partial charge in [0.05, 0.1) is 0 Å². The Morgan fingerprint density at radius 2 is 2.17 bits per heavy atom. The Morgan fingerprint density at radius 1 is 1.28 bits per heavy atom. The summed E-state index contributed by atoms with van der Waals surface area (Å²) in [5.41, 5.74) is 2.55. The van der Waals surface area contributed by atoms with Gasteiger partial charge in [0.15, 0.2) is 0 Å². The number of halogens is 1. The minimum atomic E-state index is 0.330. The van der Waals surface area contributed by atoms with Crippen LogP contribution in [-0.4, -0.2) is 11.5 Å². The molecule has 0 saturated carbocycles. The molecule has 2 rings (SSSR count). The number of rotatable bonds is 5. The molecule has 0 aliphatic heterocycles. The van der Waals surface area contributed by atoms with Crippen molar-refractivity contribution >= 4 is 15.9 Å². The highest BCUT2D eigenvalue weighted by Crippen LogP contribution is 2.21. The number of likely N-dealkylation sites (N-methyl/N-ethyl adjacent to an activating group) is 1. The first-order valence-electron chi connectivity index (χ1n) is 6.17. The largest absolute Gasteiger partial charge is 0.310 e. The third kappa shape index (κ3) is 3.65. The van der Waals surface area contributed by atoms with E-state index in [1.54, 1.807) is 0 Å². The molecule has 1 heterocycles.